The lowest BCUT2D eigenvalue weighted by Crippen LogP contribution is -2.16. The molecule has 1 aliphatic carbocycles. The molecule has 1 aromatic carbocycles. The standard InChI is InChI=1S/C26H20ClF3N2O4S/c1-2-35-25(34)22-17-5-3-4-6-21(17)37-24(22)32-23(33)14(13-31)11-16-8-10-20(36-16)18-12-15(26(28,29)30)7-9-19(18)27/h7-12H,2-6H2,1H3,(H,32,33). The van der Waals surface area contributed by atoms with Gasteiger partial charge in [-0.2, -0.15) is 18.4 Å². The quantitative estimate of drug-likeness (QED) is 0.198. The predicted octanol–water partition coefficient (Wildman–Crippen LogP) is 7.28. The van der Waals surface area contributed by atoms with Crippen LogP contribution in [-0.4, -0.2) is 18.5 Å². The summed E-state index contributed by atoms with van der Waals surface area (Å²) < 4.78 is 50.1. The molecule has 4 rings (SSSR count). The number of nitrogens with zero attached hydrogens (tertiary/aromatic N) is 1. The van der Waals surface area contributed by atoms with Crippen LogP contribution < -0.4 is 5.32 Å². The molecule has 1 N–H and O–H groups in total. The third kappa shape index (κ3) is 5.73. The van der Waals surface area contributed by atoms with Crippen LogP contribution in [0.2, 0.25) is 5.02 Å². The van der Waals surface area contributed by atoms with Gasteiger partial charge >= 0.3 is 12.1 Å². The smallest absolute Gasteiger partial charge is 0.416 e. The molecule has 0 atom stereocenters. The number of carbonyl (C=O) groups excluding carboxylic acids is 2. The normalized spacial score (nSPS) is 13.6. The van der Waals surface area contributed by atoms with E-state index in [1.165, 1.54) is 23.5 Å². The molecular formula is C26H20ClF3N2O4S. The molecule has 0 aliphatic heterocycles. The molecular weight excluding hydrogens is 529 g/mol. The van der Waals surface area contributed by atoms with Crippen molar-refractivity contribution in [2.75, 3.05) is 11.9 Å². The lowest BCUT2D eigenvalue weighted by molar-refractivity contribution is -0.137. The molecule has 2 aromatic heterocycles. The van der Waals surface area contributed by atoms with Crippen LogP contribution >= 0.6 is 22.9 Å². The first-order chi connectivity index (χ1) is 17.6. The fourth-order valence-corrected chi connectivity index (χ4v) is 5.48. The molecule has 0 unspecified atom stereocenters. The Balaban J connectivity index is 1.61. The zero-order valence-corrected chi connectivity index (χ0v) is 21.1. The van der Waals surface area contributed by atoms with Crippen molar-refractivity contribution in [1.29, 1.82) is 5.26 Å². The molecule has 3 aromatic rings. The third-order valence-corrected chi connectivity index (χ3v) is 7.25. The molecule has 11 heteroatoms. The summed E-state index contributed by atoms with van der Waals surface area (Å²) in [5.74, 6) is -1.20. The van der Waals surface area contributed by atoms with Gasteiger partial charge in [-0.1, -0.05) is 11.6 Å². The van der Waals surface area contributed by atoms with Crippen molar-refractivity contribution in [3.8, 4) is 17.4 Å². The van der Waals surface area contributed by atoms with E-state index < -0.39 is 23.6 Å². The molecule has 2 heterocycles. The number of aryl methyl sites for hydroxylation is 1. The molecule has 0 bridgehead atoms. The minimum absolute atomic E-state index is 0.0161. The number of halogens is 4. The van der Waals surface area contributed by atoms with Crippen LogP contribution in [-0.2, 0) is 28.5 Å². The van der Waals surface area contributed by atoms with Crippen molar-refractivity contribution in [2.45, 2.75) is 38.8 Å². The minimum atomic E-state index is -4.57. The van der Waals surface area contributed by atoms with Crippen LogP contribution in [0.15, 0.2) is 40.3 Å². The molecule has 0 spiro atoms. The highest BCUT2D eigenvalue weighted by Crippen LogP contribution is 2.39. The van der Waals surface area contributed by atoms with E-state index >= 15 is 0 Å². The molecule has 0 saturated heterocycles. The highest BCUT2D eigenvalue weighted by molar-refractivity contribution is 7.17. The zero-order chi connectivity index (χ0) is 26.7. The van der Waals surface area contributed by atoms with E-state index in [2.05, 4.69) is 5.32 Å². The molecule has 37 heavy (non-hydrogen) atoms. The lowest BCUT2D eigenvalue weighted by atomic mass is 9.95. The number of ether oxygens (including phenoxy) is 1. The SMILES string of the molecule is CCOC(=O)c1c(NC(=O)C(C#N)=Cc2ccc(-c3cc(C(F)(F)F)ccc3Cl)o2)sc2c1CCCC2. The predicted molar refractivity (Wildman–Crippen MR) is 133 cm³/mol. The highest BCUT2D eigenvalue weighted by atomic mass is 35.5. The number of anilines is 1. The highest BCUT2D eigenvalue weighted by Gasteiger charge is 2.31. The Morgan fingerprint density at radius 3 is 2.70 bits per heavy atom. The molecule has 1 amide bonds. The summed E-state index contributed by atoms with van der Waals surface area (Å²) in [4.78, 5) is 26.6. The Morgan fingerprint density at radius 2 is 2.00 bits per heavy atom. The van der Waals surface area contributed by atoms with E-state index in [4.69, 9.17) is 20.8 Å². The number of fused-ring (bicyclic) bond motifs is 1. The molecule has 192 valence electrons. The van der Waals surface area contributed by atoms with Crippen LogP contribution in [0.4, 0.5) is 18.2 Å². The number of alkyl halides is 3. The van der Waals surface area contributed by atoms with Gasteiger partial charge in [0, 0.05) is 16.5 Å². The number of benzene rings is 1. The summed E-state index contributed by atoms with van der Waals surface area (Å²) in [5.41, 5.74) is -0.0270. The average molecular weight is 549 g/mol. The van der Waals surface area contributed by atoms with Crippen LogP contribution in [0.3, 0.4) is 0 Å². The van der Waals surface area contributed by atoms with Gasteiger partial charge in [-0.15, -0.1) is 11.3 Å². The number of furan rings is 1. The van der Waals surface area contributed by atoms with E-state index in [0.29, 0.717) is 17.0 Å². The Labute approximate surface area is 219 Å². The van der Waals surface area contributed by atoms with Crippen molar-refractivity contribution in [3.05, 3.63) is 68.3 Å². The fourth-order valence-electron chi connectivity index (χ4n) is 4.00. The van der Waals surface area contributed by atoms with Crippen LogP contribution in [0.1, 0.15) is 51.9 Å². The lowest BCUT2D eigenvalue weighted by Gasteiger charge is -2.12. The maximum Gasteiger partial charge on any atom is 0.416 e. The Kier molecular flexibility index (Phi) is 7.76. The average Bonchev–Trinajstić information content (AvgIpc) is 3.46. The van der Waals surface area contributed by atoms with Crippen molar-refractivity contribution in [1.82, 2.24) is 0 Å². The van der Waals surface area contributed by atoms with Crippen LogP contribution in [0, 0.1) is 11.3 Å². The van der Waals surface area contributed by atoms with E-state index in [1.807, 2.05) is 0 Å². The Hall–Kier alpha value is -3.55. The van der Waals surface area contributed by atoms with Gasteiger partial charge in [0.1, 0.15) is 28.2 Å². The first kappa shape index (κ1) is 26.5. The molecule has 6 nitrogen and oxygen atoms in total. The van der Waals surface area contributed by atoms with E-state index in [1.54, 1.807) is 13.0 Å². The molecule has 1 aliphatic rings. The second-order valence-corrected chi connectivity index (χ2v) is 9.67. The van der Waals surface area contributed by atoms with Crippen molar-refractivity contribution in [3.63, 3.8) is 0 Å². The Bertz CT molecular complexity index is 1430. The summed E-state index contributed by atoms with van der Waals surface area (Å²) in [6, 6.07) is 7.44. The van der Waals surface area contributed by atoms with Gasteiger partial charge < -0.3 is 14.5 Å². The number of rotatable bonds is 6. The number of hydrogen-bond acceptors (Lipinski definition) is 6. The summed E-state index contributed by atoms with van der Waals surface area (Å²) in [6.45, 7) is 1.87. The fraction of sp³-hybridized carbons (Fsp3) is 0.269. The largest absolute Gasteiger partial charge is 0.462 e. The topological polar surface area (TPSA) is 92.3 Å². The van der Waals surface area contributed by atoms with Gasteiger partial charge in [0.2, 0.25) is 0 Å². The first-order valence-corrected chi connectivity index (χ1v) is 12.5. The summed E-state index contributed by atoms with van der Waals surface area (Å²) in [5, 5.41) is 12.6. The summed E-state index contributed by atoms with van der Waals surface area (Å²) >= 11 is 7.36. The number of thiophene rings is 1. The zero-order valence-electron chi connectivity index (χ0n) is 19.5. The first-order valence-electron chi connectivity index (χ1n) is 11.3. The van der Waals surface area contributed by atoms with Crippen molar-refractivity contribution < 1.29 is 31.9 Å². The van der Waals surface area contributed by atoms with Gasteiger partial charge in [-0.3, -0.25) is 4.79 Å². The van der Waals surface area contributed by atoms with Gasteiger partial charge in [0.15, 0.2) is 0 Å². The van der Waals surface area contributed by atoms with Crippen LogP contribution in [0.5, 0.6) is 0 Å². The van der Waals surface area contributed by atoms with Gasteiger partial charge in [0.05, 0.1) is 22.8 Å². The van der Waals surface area contributed by atoms with Crippen molar-refractivity contribution in [2.24, 2.45) is 0 Å². The Morgan fingerprint density at radius 1 is 1.24 bits per heavy atom. The second-order valence-electron chi connectivity index (χ2n) is 8.15. The minimum Gasteiger partial charge on any atom is -0.462 e. The number of nitriles is 1. The number of carbonyl (C=O) groups is 2. The molecule has 0 radical (unpaired) electrons. The van der Waals surface area contributed by atoms with Gasteiger partial charge in [-0.05, 0) is 68.5 Å². The van der Waals surface area contributed by atoms with Crippen molar-refractivity contribution >= 4 is 45.9 Å². The number of nitrogens with one attached hydrogen (secondary N) is 1. The molecule has 0 saturated carbocycles. The molecule has 0 fully saturated rings. The second kappa shape index (κ2) is 10.8. The van der Waals surface area contributed by atoms with Gasteiger partial charge in [-0.25, -0.2) is 4.79 Å². The number of hydrogen-bond donors (Lipinski definition) is 1. The van der Waals surface area contributed by atoms with E-state index in [-0.39, 0.29) is 34.3 Å². The van der Waals surface area contributed by atoms with E-state index in [0.717, 1.165) is 54.0 Å². The maximum atomic E-state index is 13.1. The summed E-state index contributed by atoms with van der Waals surface area (Å²) in [7, 11) is 0. The number of amides is 1. The van der Waals surface area contributed by atoms with Gasteiger partial charge in [0.25, 0.3) is 5.91 Å². The maximum absolute atomic E-state index is 13.1. The third-order valence-electron chi connectivity index (χ3n) is 5.72. The van der Waals surface area contributed by atoms with E-state index in [9.17, 15) is 28.0 Å². The summed E-state index contributed by atoms with van der Waals surface area (Å²) in [6.07, 6.45) is -0.0184. The number of esters is 1. The van der Waals surface area contributed by atoms with Crippen LogP contribution in [0.25, 0.3) is 17.4 Å². The monoisotopic (exact) mass is 548 g/mol.